The topological polar surface area (TPSA) is 55.4 Å². The van der Waals surface area contributed by atoms with Crippen molar-refractivity contribution in [3.05, 3.63) is 69.6 Å². The molecule has 0 unspecified atom stereocenters. The molecule has 0 aliphatic carbocycles. The summed E-state index contributed by atoms with van der Waals surface area (Å²) in [6.45, 7) is 0.397. The molecule has 6 heteroatoms. The second-order valence-corrected chi connectivity index (χ2v) is 6.18. The lowest BCUT2D eigenvalue weighted by Gasteiger charge is -2.10. The zero-order chi connectivity index (χ0) is 16.2. The van der Waals surface area contributed by atoms with E-state index in [1.54, 1.807) is 24.3 Å². The van der Waals surface area contributed by atoms with Crippen LogP contribution in [-0.4, -0.2) is 11.1 Å². The number of ether oxygens (including phenoxy) is 1. The molecule has 2 aromatic rings. The average molecular weight is 346 g/mol. The molecule has 116 valence electrons. The quantitative estimate of drug-likeness (QED) is 0.842. The minimum Gasteiger partial charge on any atom is -0.487 e. The molecular formula is C17H12ClNO3S. The van der Waals surface area contributed by atoms with Gasteiger partial charge in [-0.1, -0.05) is 54.1 Å². The SMILES string of the molecule is O=C1NC(=O)/C(=C\c2cccc(OCc3ccccc3)c2Cl)S1. The lowest BCUT2D eigenvalue weighted by Crippen LogP contribution is -2.17. The monoisotopic (exact) mass is 345 g/mol. The summed E-state index contributed by atoms with van der Waals surface area (Å²) in [6, 6.07) is 15.1. The van der Waals surface area contributed by atoms with Gasteiger partial charge >= 0.3 is 0 Å². The van der Waals surface area contributed by atoms with Crippen LogP contribution in [0.3, 0.4) is 0 Å². The van der Waals surface area contributed by atoms with Crippen molar-refractivity contribution in [1.29, 1.82) is 0 Å². The van der Waals surface area contributed by atoms with Crippen molar-refractivity contribution in [2.24, 2.45) is 0 Å². The highest BCUT2D eigenvalue weighted by Crippen LogP contribution is 2.33. The Labute approximate surface area is 142 Å². The molecule has 2 aromatic carbocycles. The first-order chi connectivity index (χ1) is 11.1. The fourth-order valence-corrected chi connectivity index (χ4v) is 2.96. The van der Waals surface area contributed by atoms with Crippen molar-refractivity contribution in [1.82, 2.24) is 5.32 Å². The summed E-state index contributed by atoms with van der Waals surface area (Å²) in [7, 11) is 0. The Kier molecular flexibility index (Phi) is 4.69. The maximum atomic E-state index is 11.6. The molecule has 0 bridgehead atoms. The highest BCUT2D eigenvalue weighted by molar-refractivity contribution is 8.18. The summed E-state index contributed by atoms with van der Waals surface area (Å²) in [5.41, 5.74) is 1.66. The maximum absolute atomic E-state index is 11.6. The molecule has 1 aliphatic rings. The third kappa shape index (κ3) is 3.75. The predicted molar refractivity (Wildman–Crippen MR) is 91.3 cm³/mol. The van der Waals surface area contributed by atoms with Gasteiger partial charge in [0.25, 0.3) is 11.1 Å². The largest absolute Gasteiger partial charge is 0.487 e. The molecule has 0 saturated carbocycles. The molecule has 0 spiro atoms. The number of carbonyl (C=O) groups excluding carboxylic acids is 2. The molecule has 0 atom stereocenters. The number of halogens is 1. The second-order valence-electron chi connectivity index (χ2n) is 4.79. The molecular weight excluding hydrogens is 334 g/mol. The first-order valence-electron chi connectivity index (χ1n) is 6.83. The number of thioether (sulfide) groups is 1. The van der Waals surface area contributed by atoms with Gasteiger partial charge in [-0.2, -0.15) is 0 Å². The lowest BCUT2D eigenvalue weighted by atomic mass is 10.2. The van der Waals surface area contributed by atoms with E-state index < -0.39 is 5.91 Å². The summed E-state index contributed by atoms with van der Waals surface area (Å²) in [5.74, 6) is 0.117. The Morgan fingerprint density at radius 3 is 2.57 bits per heavy atom. The second kappa shape index (κ2) is 6.89. The van der Waals surface area contributed by atoms with Crippen LogP contribution in [0.2, 0.25) is 5.02 Å². The van der Waals surface area contributed by atoms with E-state index in [0.717, 1.165) is 17.3 Å². The Balaban J connectivity index is 1.80. The fourth-order valence-electron chi connectivity index (χ4n) is 2.05. The first-order valence-corrected chi connectivity index (χ1v) is 8.03. The average Bonchev–Trinajstić information content (AvgIpc) is 2.87. The molecule has 23 heavy (non-hydrogen) atoms. The summed E-state index contributed by atoms with van der Waals surface area (Å²) in [4.78, 5) is 23.1. The third-order valence-electron chi connectivity index (χ3n) is 3.16. The van der Waals surface area contributed by atoms with E-state index in [4.69, 9.17) is 16.3 Å². The van der Waals surface area contributed by atoms with Gasteiger partial charge in [-0.05, 0) is 35.0 Å². The number of imide groups is 1. The Bertz CT molecular complexity index is 790. The van der Waals surface area contributed by atoms with Crippen molar-refractivity contribution in [2.45, 2.75) is 6.61 Å². The number of carbonyl (C=O) groups is 2. The zero-order valence-corrected chi connectivity index (χ0v) is 13.5. The van der Waals surface area contributed by atoms with Gasteiger partial charge in [-0.3, -0.25) is 14.9 Å². The molecule has 0 radical (unpaired) electrons. The number of benzene rings is 2. The number of rotatable bonds is 4. The number of hydrogen-bond acceptors (Lipinski definition) is 4. The molecule has 1 N–H and O–H groups in total. The van der Waals surface area contributed by atoms with Gasteiger partial charge in [0.2, 0.25) is 0 Å². The lowest BCUT2D eigenvalue weighted by molar-refractivity contribution is -0.115. The first kappa shape index (κ1) is 15.6. The molecule has 0 aromatic heterocycles. The van der Waals surface area contributed by atoms with E-state index in [9.17, 15) is 9.59 Å². The Hall–Kier alpha value is -2.24. The van der Waals surface area contributed by atoms with E-state index in [1.165, 1.54) is 0 Å². The van der Waals surface area contributed by atoms with Gasteiger partial charge in [-0.15, -0.1) is 0 Å². The van der Waals surface area contributed by atoms with Crippen LogP contribution in [0, 0.1) is 0 Å². The van der Waals surface area contributed by atoms with E-state index in [-0.39, 0.29) is 5.24 Å². The molecule has 3 rings (SSSR count). The Morgan fingerprint density at radius 2 is 1.87 bits per heavy atom. The molecule has 1 aliphatic heterocycles. The number of hydrogen-bond donors (Lipinski definition) is 1. The molecule has 1 saturated heterocycles. The summed E-state index contributed by atoms with van der Waals surface area (Å²) in [6.07, 6.45) is 1.59. The van der Waals surface area contributed by atoms with Crippen molar-refractivity contribution in [3.8, 4) is 5.75 Å². The molecule has 2 amide bonds. The van der Waals surface area contributed by atoms with Gasteiger partial charge in [0.1, 0.15) is 12.4 Å². The third-order valence-corrected chi connectivity index (χ3v) is 4.37. The minimum absolute atomic E-state index is 0.317. The maximum Gasteiger partial charge on any atom is 0.290 e. The van der Waals surface area contributed by atoms with Crippen LogP contribution in [0.15, 0.2) is 53.4 Å². The summed E-state index contributed by atoms with van der Waals surface area (Å²) >= 11 is 7.20. The van der Waals surface area contributed by atoms with Gasteiger partial charge in [0, 0.05) is 0 Å². The number of nitrogens with one attached hydrogen (secondary N) is 1. The van der Waals surface area contributed by atoms with Crippen LogP contribution >= 0.6 is 23.4 Å². The van der Waals surface area contributed by atoms with Crippen molar-refractivity contribution < 1.29 is 14.3 Å². The van der Waals surface area contributed by atoms with Gasteiger partial charge < -0.3 is 4.74 Å². The van der Waals surface area contributed by atoms with Crippen LogP contribution in [0.5, 0.6) is 5.75 Å². The Morgan fingerprint density at radius 1 is 1.09 bits per heavy atom. The van der Waals surface area contributed by atoms with Crippen LogP contribution in [0.1, 0.15) is 11.1 Å². The zero-order valence-electron chi connectivity index (χ0n) is 11.9. The predicted octanol–water partition coefficient (Wildman–Crippen LogP) is 4.24. The highest BCUT2D eigenvalue weighted by atomic mass is 35.5. The van der Waals surface area contributed by atoms with Crippen LogP contribution in [0.25, 0.3) is 6.08 Å². The van der Waals surface area contributed by atoms with Crippen LogP contribution in [-0.2, 0) is 11.4 Å². The van der Waals surface area contributed by atoms with Crippen LogP contribution in [0.4, 0.5) is 4.79 Å². The van der Waals surface area contributed by atoms with Crippen molar-refractivity contribution in [2.75, 3.05) is 0 Å². The van der Waals surface area contributed by atoms with Crippen molar-refractivity contribution in [3.63, 3.8) is 0 Å². The summed E-state index contributed by atoms with van der Waals surface area (Å²) < 4.78 is 5.74. The smallest absolute Gasteiger partial charge is 0.290 e. The normalized spacial score (nSPS) is 15.8. The van der Waals surface area contributed by atoms with Gasteiger partial charge in [0.05, 0.1) is 9.93 Å². The van der Waals surface area contributed by atoms with Gasteiger partial charge in [-0.25, -0.2) is 0 Å². The van der Waals surface area contributed by atoms with Crippen molar-refractivity contribution >= 4 is 40.6 Å². The molecule has 1 fully saturated rings. The molecule has 1 heterocycles. The van der Waals surface area contributed by atoms with E-state index in [1.807, 2.05) is 30.3 Å². The van der Waals surface area contributed by atoms with E-state index in [0.29, 0.717) is 27.8 Å². The highest BCUT2D eigenvalue weighted by Gasteiger charge is 2.25. The standard InChI is InChI=1S/C17H12ClNO3S/c18-15-12(9-14-16(20)19-17(21)23-14)7-4-8-13(15)22-10-11-5-2-1-3-6-11/h1-9H,10H2,(H,19,20,21)/b14-9+. The fraction of sp³-hybridized carbons (Fsp3) is 0.0588. The number of amides is 2. The van der Waals surface area contributed by atoms with Crippen LogP contribution < -0.4 is 10.1 Å². The molecule has 4 nitrogen and oxygen atoms in total. The van der Waals surface area contributed by atoms with Gasteiger partial charge in [0.15, 0.2) is 0 Å². The summed E-state index contributed by atoms with van der Waals surface area (Å²) in [5, 5.41) is 2.24. The van der Waals surface area contributed by atoms with E-state index in [2.05, 4.69) is 5.32 Å². The minimum atomic E-state index is -0.410. The van der Waals surface area contributed by atoms with E-state index >= 15 is 0 Å².